The van der Waals surface area contributed by atoms with Crippen LogP contribution in [0.5, 0.6) is 0 Å². The monoisotopic (exact) mass is 271 g/mol. The Kier molecular flexibility index (Phi) is 2.99. The summed E-state index contributed by atoms with van der Waals surface area (Å²) in [7, 11) is 0. The van der Waals surface area contributed by atoms with Gasteiger partial charge < -0.3 is 0 Å². The molecule has 78 valence electrons. The van der Waals surface area contributed by atoms with Crippen molar-refractivity contribution >= 4 is 37.8 Å². The Morgan fingerprint density at radius 1 is 1.53 bits per heavy atom. The van der Waals surface area contributed by atoms with Gasteiger partial charge in [-0.05, 0) is 0 Å². The van der Waals surface area contributed by atoms with Crippen LogP contribution in [0.3, 0.4) is 0 Å². The Hall–Kier alpha value is -1.39. The van der Waals surface area contributed by atoms with Crippen molar-refractivity contribution in [3.63, 3.8) is 0 Å². The first-order chi connectivity index (χ1) is 7.31. The van der Waals surface area contributed by atoms with Gasteiger partial charge in [0.1, 0.15) is 0 Å². The first-order valence-corrected chi connectivity index (χ1v) is 5.99. The molecule has 2 aromatic rings. The van der Waals surface area contributed by atoms with Gasteiger partial charge in [0.25, 0.3) is 0 Å². The fourth-order valence-corrected chi connectivity index (χ4v) is 2.34. The van der Waals surface area contributed by atoms with Gasteiger partial charge in [-0.3, -0.25) is 0 Å². The molecule has 0 radical (unpaired) electrons. The second-order valence-corrected chi connectivity index (χ2v) is 3.89. The second kappa shape index (κ2) is 4.42. The quantitative estimate of drug-likeness (QED) is 0.834. The van der Waals surface area contributed by atoms with Crippen molar-refractivity contribution in [3.05, 3.63) is 18.2 Å². The van der Waals surface area contributed by atoms with Gasteiger partial charge in [0.15, 0.2) is 0 Å². The Morgan fingerprint density at radius 3 is 3.20 bits per heavy atom. The van der Waals surface area contributed by atoms with Crippen LogP contribution in [0.2, 0.25) is 0 Å². The molecule has 0 fully saturated rings. The second-order valence-electron chi connectivity index (χ2n) is 2.78. The molecule has 0 saturated carbocycles. The predicted molar refractivity (Wildman–Crippen MR) is 57.1 cm³/mol. The van der Waals surface area contributed by atoms with Crippen LogP contribution in [0.15, 0.2) is 18.2 Å². The summed E-state index contributed by atoms with van der Waals surface area (Å²) >= 11 is -0.0885. The van der Waals surface area contributed by atoms with Crippen molar-refractivity contribution in [1.82, 2.24) is 7.96 Å². The molecule has 15 heavy (non-hydrogen) atoms. The first kappa shape index (κ1) is 10.1. The Morgan fingerprint density at radius 2 is 2.40 bits per heavy atom. The molecule has 1 heterocycles. The summed E-state index contributed by atoms with van der Waals surface area (Å²) in [4.78, 5) is 11.2. The molecule has 0 aliphatic rings. The SMILES string of the molecule is CCOC(=O)Nc1cccc2n[se]nc12. The number of amides is 1. The van der Waals surface area contributed by atoms with Crippen LogP contribution in [-0.4, -0.2) is 35.6 Å². The van der Waals surface area contributed by atoms with E-state index in [2.05, 4.69) is 13.3 Å². The van der Waals surface area contributed by atoms with E-state index in [-0.39, 0.29) is 15.0 Å². The minimum absolute atomic E-state index is 0.0885. The van der Waals surface area contributed by atoms with Gasteiger partial charge in [-0.2, -0.15) is 0 Å². The number of anilines is 1. The molecule has 1 N–H and O–H groups in total. The minimum atomic E-state index is -0.458. The third-order valence-corrected chi connectivity index (χ3v) is 2.94. The summed E-state index contributed by atoms with van der Waals surface area (Å²) in [5.74, 6) is 0. The number of nitrogens with zero attached hydrogens (tertiary/aromatic N) is 2. The van der Waals surface area contributed by atoms with Crippen LogP contribution in [0, 0.1) is 0 Å². The van der Waals surface area contributed by atoms with Crippen molar-refractivity contribution in [2.75, 3.05) is 11.9 Å². The molecule has 0 atom stereocenters. The molecule has 6 heteroatoms. The molecule has 0 unspecified atom stereocenters. The molecule has 1 aromatic heterocycles. The van der Waals surface area contributed by atoms with Gasteiger partial charge >= 0.3 is 92.3 Å². The zero-order chi connectivity index (χ0) is 10.7. The van der Waals surface area contributed by atoms with E-state index in [1.165, 1.54) is 0 Å². The van der Waals surface area contributed by atoms with Crippen LogP contribution in [-0.2, 0) is 4.74 Å². The normalized spacial score (nSPS) is 10.2. The molecule has 0 saturated heterocycles. The number of hydrogen-bond acceptors (Lipinski definition) is 4. The topological polar surface area (TPSA) is 64.1 Å². The number of ether oxygens (including phenoxy) is 1. The van der Waals surface area contributed by atoms with E-state index in [1.807, 2.05) is 12.1 Å². The van der Waals surface area contributed by atoms with Gasteiger partial charge in [0.05, 0.1) is 0 Å². The molecule has 0 aliphatic heterocycles. The van der Waals surface area contributed by atoms with E-state index in [0.717, 1.165) is 11.0 Å². The molecule has 2 rings (SSSR count). The van der Waals surface area contributed by atoms with E-state index in [4.69, 9.17) is 4.74 Å². The zero-order valence-electron chi connectivity index (χ0n) is 8.06. The van der Waals surface area contributed by atoms with Crippen molar-refractivity contribution in [2.45, 2.75) is 6.92 Å². The summed E-state index contributed by atoms with van der Waals surface area (Å²) in [5, 5.41) is 2.64. The van der Waals surface area contributed by atoms with Gasteiger partial charge in [-0.25, -0.2) is 0 Å². The van der Waals surface area contributed by atoms with E-state index in [0.29, 0.717) is 12.3 Å². The molecule has 1 amide bonds. The average Bonchev–Trinajstić information content (AvgIpc) is 2.67. The van der Waals surface area contributed by atoms with Crippen molar-refractivity contribution in [1.29, 1.82) is 0 Å². The zero-order valence-corrected chi connectivity index (χ0v) is 9.77. The van der Waals surface area contributed by atoms with Crippen LogP contribution >= 0.6 is 0 Å². The van der Waals surface area contributed by atoms with Gasteiger partial charge in [0.2, 0.25) is 0 Å². The van der Waals surface area contributed by atoms with Crippen LogP contribution < -0.4 is 5.32 Å². The van der Waals surface area contributed by atoms with Gasteiger partial charge in [-0.1, -0.05) is 0 Å². The van der Waals surface area contributed by atoms with E-state index in [1.54, 1.807) is 13.0 Å². The van der Waals surface area contributed by atoms with Gasteiger partial charge in [0, 0.05) is 0 Å². The number of hydrogen-bond donors (Lipinski definition) is 1. The Labute approximate surface area is 92.7 Å². The number of carbonyl (C=O) groups excluding carboxylic acids is 1. The summed E-state index contributed by atoms with van der Waals surface area (Å²) in [6, 6.07) is 5.50. The summed E-state index contributed by atoms with van der Waals surface area (Å²) in [6.45, 7) is 2.12. The summed E-state index contributed by atoms with van der Waals surface area (Å²) in [6.07, 6.45) is -0.458. The van der Waals surface area contributed by atoms with Crippen LogP contribution in [0.4, 0.5) is 10.5 Å². The average molecular weight is 270 g/mol. The fraction of sp³-hybridized carbons (Fsp3) is 0.222. The number of aromatic nitrogens is 2. The van der Waals surface area contributed by atoms with Crippen molar-refractivity contribution in [2.24, 2.45) is 0 Å². The summed E-state index contributed by atoms with van der Waals surface area (Å²) in [5.41, 5.74) is 2.25. The predicted octanol–water partition coefficient (Wildman–Crippen LogP) is 1.26. The molecule has 5 nitrogen and oxygen atoms in total. The number of nitrogens with one attached hydrogen (secondary N) is 1. The third kappa shape index (κ3) is 2.16. The number of fused-ring (bicyclic) bond motifs is 1. The van der Waals surface area contributed by atoms with Crippen LogP contribution in [0.1, 0.15) is 6.92 Å². The van der Waals surface area contributed by atoms with Gasteiger partial charge in [-0.15, -0.1) is 0 Å². The fourth-order valence-electron chi connectivity index (χ4n) is 1.18. The maximum absolute atomic E-state index is 11.2. The molecule has 0 bridgehead atoms. The Bertz CT molecular complexity index is 483. The third-order valence-electron chi connectivity index (χ3n) is 1.80. The molecule has 0 spiro atoms. The molecular weight excluding hydrogens is 261 g/mol. The molecular formula is C9H9N3O2Se. The number of benzene rings is 1. The van der Waals surface area contributed by atoms with Crippen molar-refractivity contribution < 1.29 is 9.53 Å². The molecule has 0 aliphatic carbocycles. The number of carbonyl (C=O) groups is 1. The van der Waals surface area contributed by atoms with E-state index < -0.39 is 6.09 Å². The first-order valence-electron chi connectivity index (χ1n) is 4.46. The van der Waals surface area contributed by atoms with E-state index >= 15 is 0 Å². The standard InChI is InChI=1S/C9H9N3O2Se/c1-2-14-9(13)10-6-4-3-5-7-8(6)12-15-11-7/h3-5H,2H2,1H3,(H,10,13). The van der Waals surface area contributed by atoms with Crippen LogP contribution in [0.25, 0.3) is 11.0 Å². The Balaban J connectivity index is 2.27. The van der Waals surface area contributed by atoms with E-state index in [9.17, 15) is 4.79 Å². The van der Waals surface area contributed by atoms with Crippen molar-refractivity contribution in [3.8, 4) is 0 Å². The number of rotatable bonds is 2. The maximum atomic E-state index is 11.2. The molecule has 1 aromatic carbocycles. The summed E-state index contributed by atoms with van der Waals surface area (Å²) < 4.78 is 13.2.